The summed E-state index contributed by atoms with van der Waals surface area (Å²) < 4.78 is 13.4. The van der Waals surface area contributed by atoms with E-state index in [1.807, 2.05) is 24.3 Å². The maximum Gasteiger partial charge on any atom is 0.253 e. The molecular formula is C42H44N4O4. The zero-order valence-corrected chi connectivity index (χ0v) is 28.2. The molecule has 3 atom stereocenters. The zero-order chi connectivity index (χ0) is 34.1. The number of carbonyl (C=O) groups is 1. The number of hydrogen-bond acceptors (Lipinski definition) is 7. The Morgan fingerprint density at radius 1 is 0.740 bits per heavy atom. The third-order valence-electron chi connectivity index (χ3n) is 9.59. The number of ether oxygens (including phenoxy) is 2. The first-order valence-electron chi connectivity index (χ1n) is 17.5. The van der Waals surface area contributed by atoms with Crippen molar-refractivity contribution in [2.75, 3.05) is 32.7 Å². The quantitative estimate of drug-likeness (QED) is 0.166. The van der Waals surface area contributed by atoms with Crippen LogP contribution >= 0.6 is 0 Å². The summed E-state index contributed by atoms with van der Waals surface area (Å²) in [7, 11) is 0. The highest BCUT2D eigenvalue weighted by molar-refractivity contribution is 5.93. The molecule has 2 N–H and O–H groups in total. The van der Waals surface area contributed by atoms with Gasteiger partial charge in [0.05, 0.1) is 24.4 Å². The van der Waals surface area contributed by atoms with Crippen LogP contribution in [0, 0.1) is 0 Å². The molecule has 2 aliphatic heterocycles. The molecule has 8 nitrogen and oxygen atoms in total. The lowest BCUT2D eigenvalue weighted by molar-refractivity contribution is -0.253. The second-order valence-electron chi connectivity index (χ2n) is 13.2. The topological polar surface area (TPSA) is 87.2 Å². The van der Waals surface area contributed by atoms with Gasteiger partial charge in [-0.3, -0.25) is 19.6 Å². The number of rotatable bonds is 11. The molecule has 0 saturated carbocycles. The van der Waals surface area contributed by atoms with E-state index in [2.05, 4.69) is 99.0 Å². The predicted molar refractivity (Wildman–Crippen MR) is 194 cm³/mol. The molecule has 0 bridgehead atoms. The van der Waals surface area contributed by atoms with Gasteiger partial charge < -0.3 is 19.9 Å². The van der Waals surface area contributed by atoms with Crippen LogP contribution < -0.4 is 5.32 Å². The van der Waals surface area contributed by atoms with Crippen LogP contribution in [0.2, 0.25) is 0 Å². The summed E-state index contributed by atoms with van der Waals surface area (Å²) in [6.07, 6.45) is 3.30. The number of aliphatic hydroxyl groups excluding tert-OH is 1. The Kier molecular flexibility index (Phi) is 11.0. The van der Waals surface area contributed by atoms with Crippen LogP contribution in [0.1, 0.15) is 57.0 Å². The van der Waals surface area contributed by atoms with Crippen molar-refractivity contribution in [1.29, 1.82) is 0 Å². The molecule has 2 saturated heterocycles. The fourth-order valence-electron chi connectivity index (χ4n) is 6.80. The third kappa shape index (κ3) is 8.71. The smallest absolute Gasteiger partial charge is 0.253 e. The van der Waals surface area contributed by atoms with Gasteiger partial charge in [0.15, 0.2) is 6.29 Å². The monoisotopic (exact) mass is 668 g/mol. The van der Waals surface area contributed by atoms with Crippen LogP contribution in [-0.2, 0) is 29.2 Å². The van der Waals surface area contributed by atoms with Gasteiger partial charge in [-0.1, -0.05) is 91.0 Å². The maximum atomic E-state index is 12.6. The number of aliphatic hydroxyl groups is 1. The highest BCUT2D eigenvalue weighted by atomic mass is 16.7. The van der Waals surface area contributed by atoms with E-state index in [0.717, 1.165) is 79.1 Å². The average Bonchev–Trinajstić information content (AvgIpc) is 3.18. The first-order chi connectivity index (χ1) is 24.6. The molecule has 4 aromatic carbocycles. The molecule has 2 fully saturated rings. The highest BCUT2D eigenvalue weighted by Crippen LogP contribution is 2.39. The van der Waals surface area contributed by atoms with Crippen LogP contribution in [0.15, 0.2) is 128 Å². The van der Waals surface area contributed by atoms with E-state index in [0.29, 0.717) is 12.1 Å². The molecule has 2 aliphatic rings. The van der Waals surface area contributed by atoms with Crippen LogP contribution in [0.3, 0.4) is 0 Å². The number of hydrogen-bond donors (Lipinski definition) is 2. The number of piperazine rings is 1. The van der Waals surface area contributed by atoms with Crippen molar-refractivity contribution < 1.29 is 19.4 Å². The first kappa shape index (κ1) is 33.8. The van der Waals surface area contributed by atoms with Crippen molar-refractivity contribution in [2.45, 2.75) is 44.6 Å². The van der Waals surface area contributed by atoms with Gasteiger partial charge in [0.2, 0.25) is 0 Å². The van der Waals surface area contributed by atoms with Crippen molar-refractivity contribution >= 4 is 5.91 Å². The molecule has 0 radical (unpaired) electrons. The molecule has 7 rings (SSSR count). The lowest BCUT2D eigenvalue weighted by Crippen LogP contribution is -2.49. The molecule has 3 unspecified atom stereocenters. The summed E-state index contributed by atoms with van der Waals surface area (Å²) in [6.45, 7) is 6.32. The van der Waals surface area contributed by atoms with Gasteiger partial charge in [-0.05, 0) is 57.6 Å². The molecule has 0 spiro atoms. The number of amides is 1. The van der Waals surface area contributed by atoms with Crippen molar-refractivity contribution in [3.05, 3.63) is 161 Å². The molecule has 256 valence electrons. The van der Waals surface area contributed by atoms with Gasteiger partial charge in [0.1, 0.15) is 0 Å². The van der Waals surface area contributed by atoms with E-state index in [4.69, 9.17) is 9.47 Å². The molecule has 1 amide bonds. The number of pyridine rings is 1. The second kappa shape index (κ2) is 16.3. The van der Waals surface area contributed by atoms with Gasteiger partial charge in [0, 0.05) is 70.2 Å². The highest BCUT2D eigenvalue weighted by Gasteiger charge is 2.34. The van der Waals surface area contributed by atoms with Crippen molar-refractivity contribution in [1.82, 2.24) is 20.1 Å². The Hall–Kier alpha value is -4.70. The third-order valence-corrected chi connectivity index (χ3v) is 9.59. The van der Waals surface area contributed by atoms with Crippen LogP contribution in [0.5, 0.6) is 0 Å². The molecule has 0 aliphatic carbocycles. The van der Waals surface area contributed by atoms with Gasteiger partial charge in [-0.2, -0.15) is 0 Å². The Bertz CT molecular complexity index is 1830. The Balaban J connectivity index is 1.04. The summed E-state index contributed by atoms with van der Waals surface area (Å²) in [6, 6.07) is 38.9. The average molecular weight is 669 g/mol. The lowest BCUT2D eigenvalue weighted by atomic mass is 9.98. The van der Waals surface area contributed by atoms with Crippen LogP contribution in [0.4, 0.5) is 0 Å². The Morgan fingerprint density at radius 2 is 1.48 bits per heavy atom. The van der Waals surface area contributed by atoms with E-state index in [1.54, 1.807) is 24.5 Å². The first-order valence-corrected chi connectivity index (χ1v) is 17.5. The fourth-order valence-corrected chi connectivity index (χ4v) is 6.80. The second-order valence-corrected chi connectivity index (χ2v) is 13.2. The van der Waals surface area contributed by atoms with Gasteiger partial charge in [-0.25, -0.2) is 0 Å². The predicted octanol–water partition coefficient (Wildman–Crippen LogP) is 6.53. The minimum Gasteiger partial charge on any atom is -0.392 e. The normalized spacial score (nSPS) is 20.0. The minimum absolute atomic E-state index is 0.00708. The van der Waals surface area contributed by atoms with Crippen LogP contribution in [0.25, 0.3) is 11.1 Å². The minimum atomic E-state index is -0.530. The Morgan fingerprint density at radius 3 is 2.24 bits per heavy atom. The van der Waals surface area contributed by atoms with E-state index < -0.39 is 6.29 Å². The molecule has 3 heterocycles. The largest absolute Gasteiger partial charge is 0.392 e. The summed E-state index contributed by atoms with van der Waals surface area (Å²) in [5.74, 6) is -0.152. The van der Waals surface area contributed by atoms with Gasteiger partial charge in [0.25, 0.3) is 5.91 Å². The summed E-state index contributed by atoms with van der Waals surface area (Å²) in [4.78, 5) is 21.7. The number of carbonyl (C=O) groups excluding carboxylic acids is 1. The summed E-state index contributed by atoms with van der Waals surface area (Å²) >= 11 is 0. The van der Waals surface area contributed by atoms with Gasteiger partial charge >= 0.3 is 0 Å². The van der Waals surface area contributed by atoms with E-state index in [-0.39, 0.29) is 24.7 Å². The maximum absolute atomic E-state index is 12.6. The molecule has 8 heteroatoms. The number of aromatic nitrogens is 1. The SMILES string of the molecule is O=C(NCc1cccc(-c2cccc(C3OC(CN4CCN(Cc5ccccc5)CC4)CC(c4ccc(CO)cc4)O3)c2)c1)c1cccnc1. The number of nitrogens with zero attached hydrogens (tertiary/aromatic N) is 3. The summed E-state index contributed by atoms with van der Waals surface area (Å²) in [5.41, 5.74) is 7.94. The fraction of sp³-hybridized carbons (Fsp3) is 0.286. The zero-order valence-electron chi connectivity index (χ0n) is 28.2. The summed E-state index contributed by atoms with van der Waals surface area (Å²) in [5, 5.41) is 12.6. The van der Waals surface area contributed by atoms with E-state index in [9.17, 15) is 9.90 Å². The van der Waals surface area contributed by atoms with Crippen molar-refractivity contribution in [3.8, 4) is 11.1 Å². The molecule has 5 aromatic rings. The van der Waals surface area contributed by atoms with Crippen molar-refractivity contribution in [2.24, 2.45) is 0 Å². The van der Waals surface area contributed by atoms with E-state index >= 15 is 0 Å². The Labute approximate surface area is 294 Å². The number of nitrogens with one attached hydrogen (secondary N) is 1. The lowest BCUT2D eigenvalue weighted by Gasteiger charge is -2.41. The molecule has 50 heavy (non-hydrogen) atoms. The van der Waals surface area contributed by atoms with Gasteiger partial charge in [-0.15, -0.1) is 0 Å². The standard InChI is InChI=1S/C42H44N4O4/c47-30-32-14-16-34(17-15-32)40-25-39(29-46-21-19-45(20-22-46)28-31-7-2-1-3-8-31)49-42(50-40)37-12-5-11-36(24-37)35-10-4-9-33(23-35)26-44-41(48)38-13-6-18-43-27-38/h1-18,23-24,27,39-40,42,47H,19-22,25-26,28-30H2,(H,44,48). The van der Waals surface area contributed by atoms with Crippen molar-refractivity contribution in [3.63, 3.8) is 0 Å². The van der Waals surface area contributed by atoms with Crippen LogP contribution in [-0.4, -0.2) is 64.6 Å². The molecular weight excluding hydrogens is 624 g/mol. The van der Waals surface area contributed by atoms with E-state index in [1.165, 1.54) is 5.56 Å². The number of benzene rings is 4. The molecule has 1 aromatic heterocycles.